The number of likely N-dealkylation sites (N-methyl/N-ethyl adjacent to an activating group) is 1. The van der Waals surface area contributed by atoms with Gasteiger partial charge in [-0.05, 0) is 61.3 Å². The van der Waals surface area contributed by atoms with Crippen LogP contribution in [0.2, 0.25) is 0 Å². The van der Waals surface area contributed by atoms with E-state index in [4.69, 9.17) is 15.6 Å². The second-order valence-corrected chi connectivity index (χ2v) is 11.7. The zero-order valence-electron chi connectivity index (χ0n) is 27.8. The molecule has 1 unspecified atom stereocenters. The van der Waals surface area contributed by atoms with Crippen molar-refractivity contribution in [2.75, 3.05) is 72.5 Å². The van der Waals surface area contributed by atoms with Crippen LogP contribution in [0.25, 0.3) is 5.57 Å². The highest BCUT2D eigenvalue weighted by atomic mass is 16.5. The van der Waals surface area contributed by atoms with Gasteiger partial charge in [0.05, 0.1) is 46.4 Å². The number of methoxy groups -OCH3 is 1. The van der Waals surface area contributed by atoms with Gasteiger partial charge in [-0.2, -0.15) is 0 Å². The van der Waals surface area contributed by atoms with Crippen LogP contribution >= 0.6 is 0 Å². The highest BCUT2D eigenvalue weighted by Crippen LogP contribution is 2.28. The minimum Gasteiger partial charge on any atom is -0.400 e. The van der Waals surface area contributed by atoms with Gasteiger partial charge in [0.2, 0.25) is 0 Å². The molecule has 1 saturated heterocycles. The van der Waals surface area contributed by atoms with Gasteiger partial charge in [0.1, 0.15) is 11.5 Å². The van der Waals surface area contributed by atoms with E-state index in [1.165, 1.54) is 36.2 Å². The van der Waals surface area contributed by atoms with Crippen LogP contribution in [-0.2, 0) is 4.74 Å². The Kier molecular flexibility index (Phi) is 18.7. The smallest absolute Gasteiger partial charge is 0.144 e. The molecular weight excluding hydrogens is 498 g/mol. The molecule has 1 aliphatic heterocycles. The van der Waals surface area contributed by atoms with Crippen LogP contribution in [0.15, 0.2) is 39.9 Å². The number of aliphatic hydroxyl groups is 1. The van der Waals surface area contributed by atoms with Gasteiger partial charge >= 0.3 is 0 Å². The highest BCUT2D eigenvalue weighted by molar-refractivity contribution is 6.04. The molecule has 0 saturated carbocycles. The Bertz CT molecular complexity index is 898. The molecule has 3 N–H and O–H groups in total. The number of nitrogens with zero attached hydrogens (tertiary/aromatic N) is 4. The van der Waals surface area contributed by atoms with Crippen LogP contribution in [0.5, 0.6) is 0 Å². The van der Waals surface area contributed by atoms with Crippen LogP contribution in [-0.4, -0.2) is 89.3 Å². The maximum absolute atomic E-state index is 7.00. The fraction of sp³-hybridized carbons (Fsp3) is 0.697. The van der Waals surface area contributed by atoms with Gasteiger partial charge in [-0.1, -0.05) is 59.6 Å². The summed E-state index contributed by atoms with van der Waals surface area (Å²) in [6.07, 6.45) is 6.46. The lowest BCUT2D eigenvalue weighted by Crippen LogP contribution is -2.57. The van der Waals surface area contributed by atoms with Gasteiger partial charge < -0.3 is 25.0 Å². The molecule has 1 aromatic carbocycles. The Balaban J connectivity index is 0.00000107. The highest BCUT2D eigenvalue weighted by Gasteiger charge is 2.27. The maximum Gasteiger partial charge on any atom is 0.144 e. The Hall–Kier alpha value is -2.22. The quantitative estimate of drug-likeness (QED) is 0.137. The van der Waals surface area contributed by atoms with Gasteiger partial charge in [-0.25, -0.2) is 0 Å². The molecule has 7 nitrogen and oxygen atoms in total. The predicted octanol–water partition coefficient (Wildman–Crippen LogP) is 6.27. The first-order valence-electron chi connectivity index (χ1n) is 15.1. The number of aliphatic imine (C=N–C) groups is 2. The Morgan fingerprint density at radius 3 is 2.17 bits per heavy atom. The number of piperazine rings is 1. The van der Waals surface area contributed by atoms with Crippen LogP contribution in [0, 0.1) is 11.3 Å². The number of benzene rings is 1. The Morgan fingerprint density at radius 2 is 1.73 bits per heavy atom. The van der Waals surface area contributed by atoms with Crippen LogP contribution in [0.3, 0.4) is 0 Å². The Labute approximate surface area is 246 Å². The largest absolute Gasteiger partial charge is 0.400 e. The van der Waals surface area contributed by atoms with E-state index < -0.39 is 0 Å². The van der Waals surface area contributed by atoms with E-state index in [0.717, 1.165) is 68.8 Å². The first kappa shape index (κ1) is 37.8. The van der Waals surface area contributed by atoms with Crippen molar-refractivity contribution in [2.45, 2.75) is 74.1 Å². The number of amidine groups is 1. The van der Waals surface area contributed by atoms with Crippen molar-refractivity contribution in [3.63, 3.8) is 0 Å². The molecule has 0 amide bonds. The molecular formula is C33H62N5O2+. The van der Waals surface area contributed by atoms with E-state index in [0.29, 0.717) is 11.3 Å². The molecule has 0 bridgehead atoms. The van der Waals surface area contributed by atoms with Gasteiger partial charge in [0.25, 0.3) is 0 Å². The Morgan fingerprint density at radius 1 is 1.15 bits per heavy atom. The lowest BCUT2D eigenvalue weighted by molar-refractivity contribution is -0.908. The number of nitrogens with two attached hydrogens (primary N) is 1. The average molecular weight is 561 g/mol. The summed E-state index contributed by atoms with van der Waals surface area (Å²) in [6.45, 7) is 22.3. The first-order valence-corrected chi connectivity index (χ1v) is 15.1. The number of quaternary nitrogens is 1. The summed E-state index contributed by atoms with van der Waals surface area (Å²) in [5, 5.41) is 7.00. The summed E-state index contributed by atoms with van der Waals surface area (Å²) in [6, 6.07) is 8.80. The summed E-state index contributed by atoms with van der Waals surface area (Å²) < 4.78 is 6.30. The first-order chi connectivity index (χ1) is 19.0. The fourth-order valence-electron chi connectivity index (χ4n) is 4.56. The van der Waals surface area contributed by atoms with Crippen LogP contribution in [0.1, 0.15) is 79.7 Å². The third kappa shape index (κ3) is 12.5. The fourth-order valence-corrected chi connectivity index (χ4v) is 4.56. The van der Waals surface area contributed by atoms with Crippen molar-refractivity contribution in [1.82, 2.24) is 0 Å². The van der Waals surface area contributed by atoms with Crippen molar-refractivity contribution < 1.29 is 14.3 Å². The maximum atomic E-state index is 7.00. The molecule has 1 atom stereocenters. The van der Waals surface area contributed by atoms with E-state index in [1.807, 2.05) is 6.21 Å². The predicted molar refractivity (Wildman–Crippen MR) is 177 cm³/mol. The van der Waals surface area contributed by atoms with Crippen molar-refractivity contribution in [3.05, 3.63) is 35.5 Å². The molecule has 40 heavy (non-hydrogen) atoms. The topological polar surface area (TPSA) is 83.4 Å². The van der Waals surface area contributed by atoms with Crippen molar-refractivity contribution >= 4 is 23.3 Å². The number of hydrogen-bond acceptors (Lipinski definition) is 5. The number of rotatable bonds is 12. The van der Waals surface area contributed by atoms with E-state index >= 15 is 0 Å². The normalized spacial score (nSPS) is 16.9. The van der Waals surface area contributed by atoms with E-state index in [-0.39, 0.29) is 0 Å². The molecule has 0 spiro atoms. The molecule has 1 heterocycles. The van der Waals surface area contributed by atoms with Crippen LogP contribution in [0.4, 0.5) is 5.69 Å². The number of anilines is 1. The summed E-state index contributed by atoms with van der Waals surface area (Å²) in [5.41, 5.74) is 10.7. The summed E-state index contributed by atoms with van der Waals surface area (Å²) >= 11 is 0. The number of unbranched alkanes of at least 4 members (excludes halogenated alkanes) is 2. The lowest BCUT2D eigenvalue weighted by atomic mass is 9.79. The van der Waals surface area contributed by atoms with E-state index in [1.54, 1.807) is 14.2 Å². The lowest BCUT2D eigenvalue weighted by Gasteiger charge is -2.42. The molecule has 0 radical (unpaired) electrons. The zero-order valence-corrected chi connectivity index (χ0v) is 27.8. The molecule has 0 aromatic heterocycles. The third-order valence-electron chi connectivity index (χ3n) is 8.46. The number of allylic oxidation sites excluding steroid dienone is 1. The van der Waals surface area contributed by atoms with Gasteiger partial charge in [0, 0.05) is 33.2 Å². The van der Waals surface area contributed by atoms with Gasteiger partial charge in [-0.3, -0.25) is 9.98 Å². The minimum atomic E-state index is 0.337. The van der Waals surface area contributed by atoms with Crippen molar-refractivity contribution in [2.24, 2.45) is 27.1 Å². The van der Waals surface area contributed by atoms with Crippen molar-refractivity contribution in [1.29, 1.82) is 0 Å². The monoisotopic (exact) mass is 560 g/mol. The van der Waals surface area contributed by atoms with E-state index in [2.05, 4.69) is 94.7 Å². The summed E-state index contributed by atoms with van der Waals surface area (Å²) in [7, 11) is 6.84. The number of aliphatic hydroxyl groups excluding tert-OH is 1. The third-order valence-corrected chi connectivity index (χ3v) is 8.46. The molecule has 7 heteroatoms. The van der Waals surface area contributed by atoms with Gasteiger partial charge in [0.15, 0.2) is 0 Å². The number of hydrogen-bond donors (Lipinski definition) is 2. The van der Waals surface area contributed by atoms with Gasteiger partial charge in [-0.15, -0.1) is 0 Å². The summed E-state index contributed by atoms with van der Waals surface area (Å²) in [5.74, 6) is 1.23. The zero-order chi connectivity index (χ0) is 30.8. The molecule has 0 aliphatic carbocycles. The molecule has 230 valence electrons. The second-order valence-electron chi connectivity index (χ2n) is 11.7. The molecule has 2 rings (SSSR count). The number of ether oxygens (including phenoxy) is 1. The molecule has 1 fully saturated rings. The molecule has 1 aliphatic rings. The average Bonchev–Trinajstić information content (AvgIpc) is 2.98. The second kappa shape index (κ2) is 19.8. The standard InChI is InChI=1S/C23H38N5.C9H20O.CH4O/c1-6-8-9-14-26-22(23(24)25-4)19(3)20-10-12-21(13-11-20)27-15-17-28(5,7-2)18-16-27;1-6-8(2)9(3,4)7-10-5;1-2/h10-14H,6-9,15-18H2,1-5H3,(H2,24,25);8H,6-7H2,1-5H3;2H,1H3/q+1;;/b22-19+,26-14?;;. The summed E-state index contributed by atoms with van der Waals surface area (Å²) in [4.78, 5) is 11.3. The van der Waals surface area contributed by atoms with Crippen molar-refractivity contribution in [3.8, 4) is 0 Å². The van der Waals surface area contributed by atoms with Crippen LogP contribution < -0.4 is 10.6 Å². The van der Waals surface area contributed by atoms with E-state index in [9.17, 15) is 0 Å². The minimum absolute atomic E-state index is 0.337. The SMILES string of the molecule is CCC(C)C(C)(C)COC.CCCCC=N/C(C(N)=NC)=C(\C)c1ccc(N2CC[N+](C)(CC)CC2)cc1.CO. The molecule has 1 aromatic rings.